The second kappa shape index (κ2) is 11.5. The van der Waals surface area contributed by atoms with Gasteiger partial charge in [-0.2, -0.15) is 0 Å². The first-order valence-electron chi connectivity index (χ1n) is 12.6. The van der Waals surface area contributed by atoms with Crippen molar-refractivity contribution >= 4 is 34.8 Å². The number of carbonyl (C=O) groups is 1. The minimum atomic E-state index is -2.78. The van der Waals surface area contributed by atoms with E-state index in [1.54, 1.807) is 7.11 Å². The van der Waals surface area contributed by atoms with Crippen molar-refractivity contribution in [3.05, 3.63) is 114 Å². The first-order valence-corrected chi connectivity index (χ1v) is 14.7. The van der Waals surface area contributed by atoms with Crippen LogP contribution in [0.5, 0.6) is 5.75 Å². The third kappa shape index (κ3) is 4.94. The van der Waals surface area contributed by atoms with E-state index in [9.17, 15) is 4.79 Å². The number of anilines is 1. The van der Waals surface area contributed by atoms with Gasteiger partial charge < -0.3 is 0 Å². The summed E-state index contributed by atoms with van der Waals surface area (Å²) in [5, 5.41) is 7.12. The van der Waals surface area contributed by atoms with Gasteiger partial charge in [0.25, 0.3) is 0 Å². The van der Waals surface area contributed by atoms with Gasteiger partial charge in [0, 0.05) is 0 Å². The molecule has 0 saturated heterocycles. The summed E-state index contributed by atoms with van der Waals surface area (Å²) in [7, 11) is -1.11. The molecule has 4 heteroatoms. The number of hydrogen-bond donors (Lipinski definition) is 1. The third-order valence-corrected chi connectivity index (χ3v) is 12.4. The Labute approximate surface area is 215 Å². The molecule has 4 aromatic carbocycles. The zero-order valence-corrected chi connectivity index (χ0v) is 22.6. The molecule has 1 amide bonds. The van der Waals surface area contributed by atoms with Gasteiger partial charge >= 0.3 is 216 Å². The minimum absolute atomic E-state index is 0.0800. The first kappa shape index (κ1) is 25.7. The van der Waals surface area contributed by atoms with E-state index in [2.05, 4.69) is 103 Å². The maximum atomic E-state index is 14.4. The van der Waals surface area contributed by atoms with Crippen LogP contribution >= 0.6 is 7.26 Å². The predicted molar refractivity (Wildman–Crippen MR) is 156 cm³/mol. The van der Waals surface area contributed by atoms with Gasteiger partial charge in [-0.3, -0.25) is 0 Å². The van der Waals surface area contributed by atoms with Crippen LogP contribution in [0.4, 0.5) is 5.69 Å². The predicted octanol–water partition coefficient (Wildman–Crippen LogP) is 6.15. The molecule has 0 fully saturated rings. The Kier molecular flexibility index (Phi) is 8.23. The Morgan fingerprint density at radius 3 is 1.56 bits per heavy atom. The number of hydrogen-bond acceptors (Lipinski definition) is 2. The Hall–Kier alpha value is -3.42. The molecule has 36 heavy (non-hydrogen) atoms. The van der Waals surface area contributed by atoms with Crippen LogP contribution in [0.2, 0.25) is 0 Å². The number of aryl methyl sites for hydroxylation is 2. The second-order valence-electron chi connectivity index (χ2n) is 9.37. The monoisotopic (exact) mass is 497 g/mol. The van der Waals surface area contributed by atoms with Crippen LogP contribution in [0, 0.1) is 13.8 Å². The van der Waals surface area contributed by atoms with Crippen molar-refractivity contribution in [2.45, 2.75) is 39.3 Å². The SMILES string of the molecule is CCCC(C(=O)Nc1c(C)cc(OC)cc1C)[PH](c1ccccc1)(c1ccccc1)c1ccccc1. The summed E-state index contributed by atoms with van der Waals surface area (Å²) in [5.74, 6) is 0.881. The summed E-state index contributed by atoms with van der Waals surface area (Å²) in [6.07, 6.45) is 1.71. The fourth-order valence-corrected chi connectivity index (χ4v) is 11.0. The molecule has 186 valence electrons. The molecule has 1 unspecified atom stereocenters. The molecule has 0 spiro atoms. The molecule has 0 aliphatic rings. The number of rotatable bonds is 9. The average molecular weight is 498 g/mol. The summed E-state index contributed by atoms with van der Waals surface area (Å²) in [5.41, 5.74) is 2.68. The molecular weight excluding hydrogens is 461 g/mol. The zero-order chi connectivity index (χ0) is 25.5. The molecule has 0 radical (unpaired) electrons. The summed E-state index contributed by atoms with van der Waals surface area (Å²) in [4.78, 5) is 14.4. The average Bonchev–Trinajstić information content (AvgIpc) is 2.92. The van der Waals surface area contributed by atoms with E-state index in [-0.39, 0.29) is 11.6 Å². The van der Waals surface area contributed by atoms with E-state index < -0.39 is 7.26 Å². The quantitative estimate of drug-likeness (QED) is 0.282. The summed E-state index contributed by atoms with van der Waals surface area (Å²) >= 11 is 0. The Morgan fingerprint density at radius 2 is 1.19 bits per heavy atom. The first-order chi connectivity index (χ1) is 17.5. The van der Waals surface area contributed by atoms with Gasteiger partial charge in [-0.15, -0.1) is 0 Å². The van der Waals surface area contributed by atoms with E-state index in [4.69, 9.17) is 4.74 Å². The molecule has 0 aromatic heterocycles. The van der Waals surface area contributed by atoms with Crippen LogP contribution in [0.1, 0.15) is 30.9 Å². The van der Waals surface area contributed by atoms with Crippen LogP contribution in [0.15, 0.2) is 103 Å². The van der Waals surface area contributed by atoms with Crippen molar-refractivity contribution in [1.82, 2.24) is 0 Å². The molecule has 0 saturated carbocycles. The number of carbonyl (C=O) groups excluding carboxylic acids is 1. The van der Waals surface area contributed by atoms with Crippen molar-refractivity contribution in [2.75, 3.05) is 12.4 Å². The van der Waals surface area contributed by atoms with Crippen molar-refractivity contribution < 1.29 is 9.53 Å². The molecule has 3 nitrogen and oxygen atoms in total. The molecule has 4 aromatic rings. The fraction of sp³-hybridized carbons (Fsp3) is 0.219. The maximum absolute atomic E-state index is 14.4. The number of methoxy groups -OCH3 is 1. The second-order valence-corrected chi connectivity index (χ2v) is 13.4. The van der Waals surface area contributed by atoms with Crippen LogP contribution < -0.4 is 26.0 Å². The van der Waals surface area contributed by atoms with E-state index in [0.29, 0.717) is 0 Å². The standard InChI is InChI=1S/C32H36NO2P/c1-5-15-30(32(34)33-31-24(2)22-26(35-4)23-25(31)3)36(27-16-9-6-10-17-27,28-18-11-7-12-19-28)29-20-13-8-14-21-29/h6-14,16-23,30,36H,5,15H2,1-4H3,(H,33,34). The van der Waals surface area contributed by atoms with Crippen molar-refractivity contribution in [3.8, 4) is 5.75 Å². The van der Waals surface area contributed by atoms with Crippen molar-refractivity contribution in [2.24, 2.45) is 0 Å². The van der Waals surface area contributed by atoms with Crippen LogP contribution in [0.25, 0.3) is 0 Å². The Morgan fingerprint density at radius 1 is 0.778 bits per heavy atom. The Balaban J connectivity index is 1.94. The molecule has 0 aliphatic heterocycles. The van der Waals surface area contributed by atoms with Crippen molar-refractivity contribution in [3.63, 3.8) is 0 Å². The molecule has 0 heterocycles. The van der Waals surface area contributed by atoms with Crippen LogP contribution in [-0.2, 0) is 4.79 Å². The van der Waals surface area contributed by atoms with Gasteiger partial charge in [0.2, 0.25) is 0 Å². The van der Waals surface area contributed by atoms with E-state index in [1.165, 1.54) is 15.9 Å². The molecule has 4 rings (SSSR count). The zero-order valence-electron chi connectivity index (χ0n) is 21.6. The van der Waals surface area contributed by atoms with Crippen LogP contribution in [-0.4, -0.2) is 18.7 Å². The van der Waals surface area contributed by atoms with Gasteiger partial charge in [0.05, 0.1) is 0 Å². The Bertz CT molecular complexity index is 1170. The van der Waals surface area contributed by atoms with Gasteiger partial charge in [0.1, 0.15) is 0 Å². The molecule has 0 bridgehead atoms. The van der Waals surface area contributed by atoms with E-state index >= 15 is 0 Å². The summed E-state index contributed by atoms with van der Waals surface area (Å²) in [6, 6.07) is 36.0. The number of ether oxygens (including phenoxy) is 1. The van der Waals surface area contributed by atoms with Gasteiger partial charge in [-0.05, 0) is 0 Å². The third-order valence-electron chi connectivity index (χ3n) is 7.09. The van der Waals surface area contributed by atoms with E-state index in [1.807, 2.05) is 26.0 Å². The fourth-order valence-electron chi connectivity index (χ4n) is 5.49. The van der Waals surface area contributed by atoms with E-state index in [0.717, 1.165) is 35.4 Å². The molecule has 0 aliphatic carbocycles. The number of benzene rings is 4. The summed E-state index contributed by atoms with van der Waals surface area (Å²) in [6.45, 7) is 6.22. The summed E-state index contributed by atoms with van der Waals surface area (Å²) < 4.78 is 5.44. The van der Waals surface area contributed by atoms with Crippen LogP contribution in [0.3, 0.4) is 0 Å². The van der Waals surface area contributed by atoms with Gasteiger partial charge in [-0.25, -0.2) is 0 Å². The number of nitrogens with one attached hydrogen (secondary N) is 1. The normalized spacial score (nSPS) is 12.6. The topological polar surface area (TPSA) is 38.3 Å². The molecular formula is C32H36NO2P. The number of amides is 1. The molecule has 1 N–H and O–H groups in total. The van der Waals surface area contributed by atoms with Crippen molar-refractivity contribution in [1.29, 1.82) is 0 Å². The van der Waals surface area contributed by atoms with Gasteiger partial charge in [-0.1, -0.05) is 0 Å². The molecule has 1 atom stereocenters. The van der Waals surface area contributed by atoms with Gasteiger partial charge in [0.15, 0.2) is 0 Å².